The topological polar surface area (TPSA) is 102 Å². The van der Waals surface area contributed by atoms with Crippen molar-refractivity contribution in [2.24, 2.45) is 0 Å². The van der Waals surface area contributed by atoms with Crippen molar-refractivity contribution < 1.29 is 33.0 Å². The van der Waals surface area contributed by atoms with Gasteiger partial charge in [0.2, 0.25) is 0 Å². The lowest BCUT2D eigenvalue weighted by Gasteiger charge is -2.12. The molecule has 0 aliphatic carbocycles. The number of rotatable bonds is 7. The smallest absolute Gasteiger partial charge is 0.342 e. The highest BCUT2D eigenvalue weighted by Gasteiger charge is 2.32. The van der Waals surface area contributed by atoms with Crippen LogP contribution in [0.5, 0.6) is 5.75 Å². The van der Waals surface area contributed by atoms with Gasteiger partial charge in [0, 0.05) is 12.7 Å². The van der Waals surface area contributed by atoms with E-state index in [1.807, 2.05) is 0 Å². The van der Waals surface area contributed by atoms with E-state index in [2.05, 4.69) is 5.32 Å². The van der Waals surface area contributed by atoms with E-state index in [0.717, 1.165) is 4.90 Å². The van der Waals surface area contributed by atoms with Gasteiger partial charge in [0.25, 0.3) is 17.7 Å². The second-order valence-corrected chi connectivity index (χ2v) is 7.47. The predicted molar refractivity (Wildman–Crippen MR) is 119 cm³/mol. The number of ether oxygens (including phenoxy) is 2. The molecule has 1 heterocycles. The van der Waals surface area contributed by atoms with E-state index in [4.69, 9.17) is 9.47 Å². The Balaban J connectivity index is 1.35. The quantitative estimate of drug-likeness (QED) is 0.426. The van der Waals surface area contributed by atoms with Gasteiger partial charge in [0.1, 0.15) is 23.7 Å². The molecule has 0 unspecified atom stereocenters. The van der Waals surface area contributed by atoms with Crippen LogP contribution in [0.4, 0.5) is 10.1 Å². The first-order valence-corrected chi connectivity index (χ1v) is 10.2. The molecule has 8 nitrogen and oxygen atoms in total. The SMILES string of the molecule is CN1C(=O)c2ccc(NC(=O)COC(=O)c3ccccc3OCc3ccc(F)cc3)cc2C1=O. The Morgan fingerprint density at radius 1 is 0.941 bits per heavy atom. The van der Waals surface area contributed by atoms with Crippen LogP contribution >= 0.6 is 0 Å². The number of nitrogens with one attached hydrogen (secondary N) is 1. The standard InChI is InChI=1S/C25H19FN2O6/c1-28-23(30)18-11-10-17(12-20(18)24(28)31)27-22(29)14-34-25(32)19-4-2-3-5-21(19)33-13-15-6-8-16(26)9-7-15/h2-12H,13-14H2,1H3,(H,27,29). The third-order valence-electron chi connectivity index (χ3n) is 5.12. The lowest BCUT2D eigenvalue weighted by molar-refractivity contribution is -0.119. The van der Waals surface area contributed by atoms with Crippen molar-refractivity contribution in [2.45, 2.75) is 6.61 Å². The van der Waals surface area contributed by atoms with Gasteiger partial charge in [-0.2, -0.15) is 0 Å². The van der Waals surface area contributed by atoms with Gasteiger partial charge in [0.15, 0.2) is 6.61 Å². The van der Waals surface area contributed by atoms with Gasteiger partial charge in [0.05, 0.1) is 11.1 Å². The van der Waals surface area contributed by atoms with Crippen LogP contribution in [0.2, 0.25) is 0 Å². The van der Waals surface area contributed by atoms with Crippen LogP contribution in [0.1, 0.15) is 36.6 Å². The third-order valence-corrected chi connectivity index (χ3v) is 5.12. The van der Waals surface area contributed by atoms with Crippen LogP contribution in [0.15, 0.2) is 66.7 Å². The number of anilines is 1. The highest BCUT2D eigenvalue weighted by molar-refractivity contribution is 6.21. The van der Waals surface area contributed by atoms with Crippen molar-refractivity contribution in [1.82, 2.24) is 4.90 Å². The van der Waals surface area contributed by atoms with Crippen molar-refractivity contribution in [2.75, 3.05) is 19.0 Å². The van der Waals surface area contributed by atoms with E-state index >= 15 is 0 Å². The molecule has 1 aliphatic rings. The highest BCUT2D eigenvalue weighted by atomic mass is 19.1. The fourth-order valence-electron chi connectivity index (χ4n) is 3.35. The maximum atomic E-state index is 13.0. The van der Waals surface area contributed by atoms with E-state index in [1.54, 1.807) is 30.3 Å². The van der Waals surface area contributed by atoms with E-state index in [1.165, 1.54) is 43.4 Å². The molecule has 1 aliphatic heterocycles. The maximum Gasteiger partial charge on any atom is 0.342 e. The van der Waals surface area contributed by atoms with Gasteiger partial charge in [-0.15, -0.1) is 0 Å². The Hall–Kier alpha value is -4.53. The number of esters is 1. The highest BCUT2D eigenvalue weighted by Crippen LogP contribution is 2.25. The molecule has 3 aromatic carbocycles. The van der Waals surface area contributed by atoms with E-state index in [0.29, 0.717) is 11.3 Å². The summed E-state index contributed by atoms with van der Waals surface area (Å²) >= 11 is 0. The van der Waals surface area contributed by atoms with Crippen LogP contribution in [-0.2, 0) is 16.1 Å². The number of halogens is 1. The molecule has 4 rings (SSSR count). The lowest BCUT2D eigenvalue weighted by Crippen LogP contribution is -2.24. The maximum absolute atomic E-state index is 13.0. The zero-order chi connectivity index (χ0) is 24.2. The van der Waals surface area contributed by atoms with Crippen molar-refractivity contribution in [3.63, 3.8) is 0 Å². The molecular formula is C25H19FN2O6. The second-order valence-electron chi connectivity index (χ2n) is 7.47. The first kappa shape index (κ1) is 22.7. The average molecular weight is 462 g/mol. The number of amides is 3. The number of carbonyl (C=O) groups excluding carboxylic acids is 4. The molecule has 3 amide bonds. The number of hydrogen-bond donors (Lipinski definition) is 1. The summed E-state index contributed by atoms with van der Waals surface area (Å²) in [6.45, 7) is -0.463. The lowest BCUT2D eigenvalue weighted by atomic mass is 10.1. The summed E-state index contributed by atoms with van der Waals surface area (Å²) in [7, 11) is 1.38. The Bertz CT molecular complexity index is 1290. The molecule has 172 valence electrons. The predicted octanol–water partition coefficient (Wildman–Crippen LogP) is 3.43. The minimum atomic E-state index is -0.763. The molecule has 0 bridgehead atoms. The summed E-state index contributed by atoms with van der Waals surface area (Å²) in [5.74, 6) is -2.36. The van der Waals surface area contributed by atoms with E-state index in [9.17, 15) is 23.6 Å². The number of hydrogen-bond acceptors (Lipinski definition) is 6. The minimum Gasteiger partial charge on any atom is -0.488 e. The monoisotopic (exact) mass is 462 g/mol. The first-order chi connectivity index (χ1) is 16.3. The van der Waals surface area contributed by atoms with Gasteiger partial charge in [-0.25, -0.2) is 9.18 Å². The van der Waals surface area contributed by atoms with Crippen LogP contribution in [0.25, 0.3) is 0 Å². The minimum absolute atomic E-state index is 0.111. The molecule has 1 N–H and O–H groups in total. The van der Waals surface area contributed by atoms with E-state index < -0.39 is 30.3 Å². The molecule has 0 radical (unpaired) electrons. The van der Waals surface area contributed by atoms with Crippen molar-refractivity contribution >= 4 is 29.4 Å². The van der Waals surface area contributed by atoms with Gasteiger partial charge < -0.3 is 14.8 Å². The number of imide groups is 1. The number of fused-ring (bicyclic) bond motifs is 1. The molecule has 0 saturated carbocycles. The average Bonchev–Trinajstić information content (AvgIpc) is 3.06. The summed E-state index contributed by atoms with van der Waals surface area (Å²) in [4.78, 5) is 49.8. The van der Waals surface area contributed by atoms with Gasteiger partial charge in [-0.1, -0.05) is 24.3 Å². The molecule has 0 atom stereocenters. The Morgan fingerprint density at radius 2 is 1.65 bits per heavy atom. The summed E-state index contributed by atoms with van der Waals surface area (Å²) in [5.41, 5.74) is 1.58. The summed E-state index contributed by atoms with van der Waals surface area (Å²) in [6, 6.07) is 16.5. The molecular weight excluding hydrogens is 443 g/mol. The summed E-state index contributed by atoms with van der Waals surface area (Å²) in [6.07, 6.45) is 0. The second kappa shape index (κ2) is 9.53. The number of benzene rings is 3. The van der Waals surface area contributed by atoms with E-state index in [-0.39, 0.29) is 34.9 Å². The fourth-order valence-corrected chi connectivity index (χ4v) is 3.35. The van der Waals surface area contributed by atoms with Crippen molar-refractivity contribution in [1.29, 1.82) is 0 Å². The molecule has 0 fully saturated rings. The van der Waals surface area contributed by atoms with Gasteiger partial charge in [-0.05, 0) is 48.0 Å². The Kier molecular flexibility index (Phi) is 6.35. The Morgan fingerprint density at radius 3 is 2.41 bits per heavy atom. The van der Waals surface area contributed by atoms with Crippen LogP contribution in [-0.4, -0.2) is 42.2 Å². The van der Waals surface area contributed by atoms with Crippen LogP contribution in [0.3, 0.4) is 0 Å². The summed E-state index contributed by atoms with van der Waals surface area (Å²) in [5, 5.41) is 2.53. The van der Waals surface area contributed by atoms with Crippen molar-refractivity contribution in [3.8, 4) is 5.75 Å². The molecule has 0 spiro atoms. The zero-order valence-corrected chi connectivity index (χ0v) is 18.0. The van der Waals surface area contributed by atoms with Crippen LogP contribution in [0, 0.1) is 5.82 Å². The number of para-hydroxylation sites is 1. The molecule has 0 aromatic heterocycles. The zero-order valence-electron chi connectivity index (χ0n) is 18.0. The van der Waals surface area contributed by atoms with Gasteiger partial charge >= 0.3 is 5.97 Å². The molecule has 3 aromatic rings. The third kappa shape index (κ3) is 4.78. The number of nitrogens with zero attached hydrogens (tertiary/aromatic N) is 1. The number of carbonyl (C=O) groups is 4. The molecule has 9 heteroatoms. The molecule has 0 saturated heterocycles. The first-order valence-electron chi connectivity index (χ1n) is 10.2. The van der Waals surface area contributed by atoms with Crippen molar-refractivity contribution in [3.05, 3.63) is 94.8 Å². The van der Waals surface area contributed by atoms with Gasteiger partial charge in [-0.3, -0.25) is 19.3 Å². The summed E-state index contributed by atoms with van der Waals surface area (Å²) < 4.78 is 23.8. The molecule has 34 heavy (non-hydrogen) atoms. The normalized spacial score (nSPS) is 12.4. The Labute approximate surface area is 193 Å². The van der Waals surface area contributed by atoms with Crippen LogP contribution < -0.4 is 10.1 Å². The fraction of sp³-hybridized carbons (Fsp3) is 0.120. The largest absolute Gasteiger partial charge is 0.488 e.